The van der Waals surface area contributed by atoms with Gasteiger partial charge in [-0.25, -0.2) is 4.98 Å². The van der Waals surface area contributed by atoms with Crippen LogP contribution in [-0.4, -0.2) is 41.7 Å². The van der Waals surface area contributed by atoms with Gasteiger partial charge in [-0.1, -0.05) is 30.0 Å². The van der Waals surface area contributed by atoms with E-state index in [1.807, 2.05) is 30.3 Å². The Labute approximate surface area is 181 Å². The van der Waals surface area contributed by atoms with Crippen LogP contribution < -0.4 is 10.2 Å². The van der Waals surface area contributed by atoms with Gasteiger partial charge in [0.2, 0.25) is 5.91 Å². The topological polar surface area (TPSA) is 88.6 Å². The molecule has 1 saturated heterocycles. The second kappa shape index (κ2) is 9.27. The first-order valence-corrected chi connectivity index (χ1v) is 11.2. The summed E-state index contributed by atoms with van der Waals surface area (Å²) in [5.74, 6) is -0.748. The fourth-order valence-electron chi connectivity index (χ4n) is 3.09. The highest BCUT2D eigenvalue weighted by Crippen LogP contribution is 2.29. The Morgan fingerprint density at radius 3 is 2.87 bits per heavy atom. The summed E-state index contributed by atoms with van der Waals surface area (Å²) in [6.45, 7) is 0.312. The van der Waals surface area contributed by atoms with Crippen molar-refractivity contribution in [2.45, 2.75) is 17.2 Å². The molecular weight excluding hydrogens is 422 g/mol. The van der Waals surface area contributed by atoms with Gasteiger partial charge < -0.3 is 15.0 Å². The van der Waals surface area contributed by atoms with E-state index < -0.39 is 11.9 Å². The number of nitrogens with one attached hydrogen (secondary N) is 1. The van der Waals surface area contributed by atoms with E-state index in [2.05, 4.69) is 10.3 Å². The van der Waals surface area contributed by atoms with Crippen LogP contribution in [0.25, 0.3) is 10.2 Å². The molecule has 0 saturated carbocycles. The van der Waals surface area contributed by atoms with E-state index in [-0.39, 0.29) is 18.3 Å². The normalized spacial score (nSPS) is 13.6. The highest BCUT2D eigenvalue weighted by atomic mass is 32.2. The van der Waals surface area contributed by atoms with Gasteiger partial charge in [0.25, 0.3) is 5.91 Å². The van der Waals surface area contributed by atoms with Crippen LogP contribution in [-0.2, 0) is 19.1 Å². The Balaban J connectivity index is 1.24. The number of thioether (sulfide) groups is 1. The number of hydrogen-bond donors (Lipinski definition) is 1. The molecule has 2 amide bonds. The molecule has 0 radical (unpaired) electrons. The molecule has 0 aliphatic carbocycles. The van der Waals surface area contributed by atoms with Gasteiger partial charge in [0.1, 0.15) is 0 Å². The number of carbonyl (C=O) groups is 3. The lowest BCUT2D eigenvalue weighted by molar-refractivity contribution is -0.144. The number of ether oxygens (including phenoxy) is 1. The molecule has 30 heavy (non-hydrogen) atoms. The van der Waals surface area contributed by atoms with Crippen molar-refractivity contribution >= 4 is 62.5 Å². The third-order valence-corrected chi connectivity index (χ3v) is 6.62. The molecule has 1 aliphatic heterocycles. The average molecular weight is 442 g/mol. The summed E-state index contributed by atoms with van der Waals surface area (Å²) in [5, 5.41) is 2.70. The molecule has 1 aliphatic rings. The maximum atomic E-state index is 12.1. The number of aromatic nitrogens is 1. The number of nitrogens with zero attached hydrogens (tertiary/aromatic N) is 2. The summed E-state index contributed by atoms with van der Waals surface area (Å²) in [6, 6.07) is 14.8. The molecule has 9 heteroatoms. The smallest absolute Gasteiger partial charge is 0.316 e. The predicted molar refractivity (Wildman–Crippen MR) is 118 cm³/mol. The van der Waals surface area contributed by atoms with Crippen LogP contribution in [0.15, 0.2) is 52.9 Å². The van der Waals surface area contributed by atoms with Crippen LogP contribution in [0.2, 0.25) is 0 Å². The predicted octanol–water partition coefficient (Wildman–Crippen LogP) is 3.70. The van der Waals surface area contributed by atoms with Gasteiger partial charge in [-0.3, -0.25) is 14.4 Å². The number of carbonyl (C=O) groups excluding carboxylic acids is 3. The van der Waals surface area contributed by atoms with Gasteiger partial charge in [-0.05, 0) is 36.8 Å². The third kappa shape index (κ3) is 4.98. The minimum Gasteiger partial charge on any atom is -0.455 e. The fraction of sp³-hybridized carbons (Fsp3) is 0.238. The molecule has 1 fully saturated rings. The standard InChI is InChI=1S/C21H19N3O4S2/c25-18(22-14-5-3-6-15(11-14)24-10-4-9-19(24)26)12-28-20(27)13-29-21-23-16-7-1-2-8-17(16)30-21/h1-3,5-8,11H,4,9-10,12-13H2,(H,22,25). The first-order valence-electron chi connectivity index (χ1n) is 9.43. The minimum absolute atomic E-state index is 0.0815. The maximum Gasteiger partial charge on any atom is 0.316 e. The molecule has 2 aromatic carbocycles. The minimum atomic E-state index is -0.481. The Morgan fingerprint density at radius 2 is 2.07 bits per heavy atom. The summed E-state index contributed by atoms with van der Waals surface area (Å²) in [4.78, 5) is 42.1. The van der Waals surface area contributed by atoms with Crippen LogP contribution >= 0.6 is 23.1 Å². The second-order valence-corrected chi connectivity index (χ2v) is 8.90. The molecule has 0 atom stereocenters. The van der Waals surface area contributed by atoms with Crippen LogP contribution in [0.1, 0.15) is 12.8 Å². The molecule has 1 N–H and O–H groups in total. The zero-order valence-electron chi connectivity index (χ0n) is 16.0. The van der Waals surface area contributed by atoms with Gasteiger partial charge >= 0.3 is 5.97 Å². The number of thiazole rings is 1. The first-order chi connectivity index (χ1) is 14.6. The number of rotatable bonds is 7. The molecule has 0 spiro atoms. The van der Waals surface area contributed by atoms with Crippen molar-refractivity contribution in [2.75, 3.05) is 29.1 Å². The van der Waals surface area contributed by atoms with Gasteiger partial charge in [-0.2, -0.15) is 0 Å². The zero-order valence-corrected chi connectivity index (χ0v) is 17.6. The lowest BCUT2D eigenvalue weighted by Crippen LogP contribution is -2.24. The van der Waals surface area contributed by atoms with E-state index >= 15 is 0 Å². The Kier molecular flexibility index (Phi) is 6.29. The molecule has 2 heterocycles. The number of amides is 2. The Morgan fingerprint density at radius 1 is 1.20 bits per heavy atom. The quantitative estimate of drug-likeness (QED) is 0.444. The fourth-order valence-corrected chi connectivity index (χ4v) is 4.96. The van der Waals surface area contributed by atoms with Gasteiger partial charge in [-0.15, -0.1) is 11.3 Å². The lowest BCUT2D eigenvalue weighted by atomic mass is 10.2. The molecule has 1 aromatic heterocycles. The van der Waals surface area contributed by atoms with Crippen molar-refractivity contribution in [3.8, 4) is 0 Å². The van der Waals surface area contributed by atoms with E-state index in [0.29, 0.717) is 18.7 Å². The number of anilines is 2. The van der Waals surface area contributed by atoms with Crippen LogP contribution in [0.4, 0.5) is 11.4 Å². The SMILES string of the molecule is O=C(COC(=O)CSc1nc2ccccc2s1)Nc1cccc(N2CCCC2=O)c1. The van der Waals surface area contributed by atoms with Crippen molar-refractivity contribution in [1.82, 2.24) is 4.98 Å². The van der Waals surface area contributed by atoms with Crippen molar-refractivity contribution < 1.29 is 19.1 Å². The number of para-hydroxylation sites is 1. The summed E-state index contributed by atoms with van der Waals surface area (Å²) in [5.41, 5.74) is 2.20. The molecule has 4 rings (SSSR count). The van der Waals surface area contributed by atoms with E-state index in [1.165, 1.54) is 23.1 Å². The highest BCUT2D eigenvalue weighted by molar-refractivity contribution is 8.01. The summed E-state index contributed by atoms with van der Waals surface area (Å²) in [6.07, 6.45) is 1.38. The van der Waals surface area contributed by atoms with Crippen LogP contribution in [0, 0.1) is 0 Å². The number of fused-ring (bicyclic) bond motifs is 1. The average Bonchev–Trinajstić information content (AvgIpc) is 3.36. The summed E-state index contributed by atoms with van der Waals surface area (Å²) < 4.78 is 6.90. The summed E-state index contributed by atoms with van der Waals surface area (Å²) in [7, 11) is 0. The Bertz CT molecular complexity index is 1070. The first kappa shape index (κ1) is 20.4. The van der Waals surface area contributed by atoms with Crippen LogP contribution in [0.5, 0.6) is 0 Å². The second-order valence-electron chi connectivity index (χ2n) is 6.64. The van der Waals surface area contributed by atoms with Crippen molar-refractivity contribution in [2.24, 2.45) is 0 Å². The van der Waals surface area contributed by atoms with E-state index in [0.717, 1.165) is 26.7 Å². The summed E-state index contributed by atoms with van der Waals surface area (Å²) >= 11 is 2.80. The highest BCUT2D eigenvalue weighted by Gasteiger charge is 2.21. The van der Waals surface area contributed by atoms with E-state index in [4.69, 9.17) is 4.74 Å². The monoisotopic (exact) mass is 441 g/mol. The van der Waals surface area contributed by atoms with E-state index in [1.54, 1.807) is 23.1 Å². The molecular formula is C21H19N3O4S2. The molecule has 154 valence electrons. The van der Waals surface area contributed by atoms with Gasteiger partial charge in [0.05, 0.1) is 16.0 Å². The van der Waals surface area contributed by atoms with Crippen molar-refractivity contribution in [1.29, 1.82) is 0 Å². The molecule has 0 unspecified atom stereocenters. The largest absolute Gasteiger partial charge is 0.455 e. The van der Waals surface area contributed by atoms with Crippen LogP contribution in [0.3, 0.4) is 0 Å². The number of benzene rings is 2. The van der Waals surface area contributed by atoms with Gasteiger partial charge in [0, 0.05) is 24.3 Å². The number of esters is 1. The number of hydrogen-bond acceptors (Lipinski definition) is 7. The van der Waals surface area contributed by atoms with Gasteiger partial charge in [0.15, 0.2) is 10.9 Å². The zero-order chi connectivity index (χ0) is 20.9. The Hall–Kier alpha value is -2.91. The van der Waals surface area contributed by atoms with Crippen molar-refractivity contribution in [3.05, 3.63) is 48.5 Å². The maximum absolute atomic E-state index is 12.1. The molecule has 7 nitrogen and oxygen atoms in total. The van der Waals surface area contributed by atoms with E-state index in [9.17, 15) is 14.4 Å². The molecule has 0 bridgehead atoms. The molecule has 3 aromatic rings. The van der Waals surface area contributed by atoms with Crippen molar-refractivity contribution in [3.63, 3.8) is 0 Å². The third-order valence-electron chi connectivity index (χ3n) is 4.47. The lowest BCUT2D eigenvalue weighted by Gasteiger charge is -2.16.